The molecular weight excluding hydrogens is 298 g/mol. The molecule has 0 bridgehead atoms. The Kier molecular flexibility index (Phi) is 6.00. The fraction of sp³-hybridized carbons (Fsp3) is 0.538. The van der Waals surface area contributed by atoms with Crippen molar-refractivity contribution in [2.75, 3.05) is 12.4 Å². The van der Waals surface area contributed by atoms with Crippen LogP contribution in [0.4, 0.5) is 0 Å². The van der Waals surface area contributed by atoms with Crippen LogP contribution in [0.5, 0.6) is 0 Å². The lowest BCUT2D eigenvalue weighted by Gasteiger charge is -2.21. The lowest BCUT2D eigenvalue weighted by Crippen LogP contribution is -2.35. The van der Waals surface area contributed by atoms with Crippen LogP contribution >= 0.6 is 27.7 Å². The number of hydrogen-bond donors (Lipinski definition) is 2. The Morgan fingerprint density at radius 3 is 2.65 bits per heavy atom. The Bertz CT molecular complexity index is 363. The molecule has 0 aliphatic heterocycles. The molecule has 0 radical (unpaired) electrons. The van der Waals surface area contributed by atoms with Crippen molar-refractivity contribution < 1.29 is 5.11 Å². The van der Waals surface area contributed by atoms with E-state index in [-0.39, 0.29) is 12.1 Å². The minimum absolute atomic E-state index is 0.112. The van der Waals surface area contributed by atoms with E-state index in [2.05, 4.69) is 54.2 Å². The van der Waals surface area contributed by atoms with E-state index in [4.69, 9.17) is 5.11 Å². The van der Waals surface area contributed by atoms with Gasteiger partial charge in [0.25, 0.3) is 0 Å². The Hall–Kier alpha value is -0.0300. The van der Waals surface area contributed by atoms with Crippen molar-refractivity contribution in [3.8, 4) is 0 Å². The summed E-state index contributed by atoms with van der Waals surface area (Å²) in [5.74, 6) is 0.740. The number of benzene rings is 1. The van der Waals surface area contributed by atoms with E-state index in [0.717, 1.165) is 16.8 Å². The molecule has 0 atom stereocenters. The fourth-order valence-corrected chi connectivity index (χ4v) is 2.54. The van der Waals surface area contributed by atoms with Crippen molar-refractivity contribution in [1.82, 2.24) is 5.32 Å². The molecular formula is C13H20BrNOS. The molecule has 0 aliphatic carbocycles. The predicted molar refractivity (Wildman–Crippen MR) is 78.5 cm³/mol. The van der Waals surface area contributed by atoms with E-state index < -0.39 is 0 Å². The second kappa shape index (κ2) is 6.78. The average molecular weight is 318 g/mol. The zero-order valence-corrected chi connectivity index (χ0v) is 13.0. The molecule has 1 rings (SSSR count). The number of hydrogen-bond acceptors (Lipinski definition) is 3. The van der Waals surface area contributed by atoms with Crippen molar-refractivity contribution in [2.45, 2.75) is 37.8 Å². The van der Waals surface area contributed by atoms with Gasteiger partial charge in [0.15, 0.2) is 0 Å². The van der Waals surface area contributed by atoms with E-state index in [1.165, 1.54) is 10.5 Å². The highest BCUT2D eigenvalue weighted by atomic mass is 79.9. The molecule has 2 N–H and O–H groups in total. The highest BCUT2D eigenvalue weighted by molar-refractivity contribution is 9.10. The summed E-state index contributed by atoms with van der Waals surface area (Å²) in [7, 11) is 0. The van der Waals surface area contributed by atoms with Crippen LogP contribution < -0.4 is 5.32 Å². The van der Waals surface area contributed by atoms with Gasteiger partial charge < -0.3 is 10.4 Å². The quantitative estimate of drug-likeness (QED) is 0.816. The van der Waals surface area contributed by atoms with E-state index in [1.54, 1.807) is 11.8 Å². The highest BCUT2D eigenvalue weighted by Crippen LogP contribution is 2.26. The molecule has 17 heavy (non-hydrogen) atoms. The Morgan fingerprint density at radius 1 is 1.35 bits per heavy atom. The highest BCUT2D eigenvalue weighted by Gasteiger charge is 2.10. The summed E-state index contributed by atoms with van der Waals surface area (Å²) in [4.78, 5) is 1.24. The van der Waals surface area contributed by atoms with Gasteiger partial charge in [-0.1, -0.05) is 15.9 Å². The number of thioether (sulfide) groups is 1. The topological polar surface area (TPSA) is 32.3 Å². The summed E-state index contributed by atoms with van der Waals surface area (Å²) in [5, 5.41) is 12.4. The summed E-state index contributed by atoms with van der Waals surface area (Å²) >= 11 is 5.19. The van der Waals surface area contributed by atoms with Crippen LogP contribution in [0.1, 0.15) is 26.3 Å². The van der Waals surface area contributed by atoms with Gasteiger partial charge >= 0.3 is 0 Å². The fourth-order valence-electron chi connectivity index (χ4n) is 1.34. The van der Waals surface area contributed by atoms with Crippen LogP contribution in [0, 0.1) is 0 Å². The molecule has 0 heterocycles. The molecule has 0 saturated heterocycles. The Balaban J connectivity index is 2.76. The van der Waals surface area contributed by atoms with E-state index in [0.29, 0.717) is 0 Å². The number of rotatable bonds is 5. The van der Waals surface area contributed by atoms with Crippen LogP contribution in [-0.2, 0) is 6.54 Å². The maximum atomic E-state index is 8.89. The molecule has 0 aromatic heterocycles. The summed E-state index contributed by atoms with van der Waals surface area (Å²) in [6, 6.07) is 6.28. The molecule has 0 spiro atoms. The molecule has 0 aliphatic rings. The third-order valence-electron chi connectivity index (χ3n) is 2.18. The second-order valence-corrected chi connectivity index (χ2v) is 6.98. The first-order valence-electron chi connectivity index (χ1n) is 5.69. The van der Waals surface area contributed by atoms with Gasteiger partial charge in [0.1, 0.15) is 0 Å². The van der Waals surface area contributed by atoms with E-state index in [1.807, 2.05) is 6.07 Å². The van der Waals surface area contributed by atoms with Crippen molar-refractivity contribution in [1.29, 1.82) is 0 Å². The van der Waals surface area contributed by atoms with Crippen LogP contribution in [0.15, 0.2) is 27.6 Å². The number of aliphatic hydroxyl groups is 1. The molecule has 0 saturated carbocycles. The molecule has 1 aromatic carbocycles. The maximum absolute atomic E-state index is 8.89. The van der Waals surface area contributed by atoms with E-state index in [9.17, 15) is 0 Å². The summed E-state index contributed by atoms with van der Waals surface area (Å²) < 4.78 is 1.09. The zero-order chi connectivity index (χ0) is 12.9. The van der Waals surface area contributed by atoms with Crippen LogP contribution in [0.25, 0.3) is 0 Å². The number of halogens is 1. The van der Waals surface area contributed by atoms with Gasteiger partial charge in [0.2, 0.25) is 0 Å². The lowest BCUT2D eigenvalue weighted by molar-refractivity contribution is 0.322. The van der Waals surface area contributed by atoms with Crippen molar-refractivity contribution in [3.63, 3.8) is 0 Å². The van der Waals surface area contributed by atoms with E-state index >= 15 is 0 Å². The molecule has 0 amide bonds. The summed E-state index contributed by atoms with van der Waals surface area (Å²) in [5.41, 5.74) is 1.38. The molecule has 96 valence electrons. The first kappa shape index (κ1) is 15.0. The van der Waals surface area contributed by atoms with Crippen molar-refractivity contribution in [2.24, 2.45) is 0 Å². The standard InChI is InChI=1S/C13H20BrNOS/c1-13(2,3)15-9-10-8-11(14)4-5-12(10)17-7-6-16/h4-5,8,15-16H,6-7,9H2,1-3H3. The SMILES string of the molecule is CC(C)(C)NCc1cc(Br)ccc1SCCO. The second-order valence-electron chi connectivity index (χ2n) is 4.93. The summed E-state index contributed by atoms with van der Waals surface area (Å²) in [6.45, 7) is 7.53. The molecule has 0 unspecified atom stereocenters. The minimum atomic E-state index is 0.112. The van der Waals surface area contributed by atoms with Gasteiger partial charge in [-0.15, -0.1) is 11.8 Å². The minimum Gasteiger partial charge on any atom is -0.396 e. The molecule has 0 fully saturated rings. The van der Waals surface area contributed by atoms with Gasteiger partial charge in [-0.3, -0.25) is 0 Å². The lowest BCUT2D eigenvalue weighted by atomic mass is 10.1. The predicted octanol–water partition coefficient (Wildman–Crippen LogP) is 3.42. The van der Waals surface area contributed by atoms with Gasteiger partial charge in [-0.05, 0) is 44.5 Å². The number of nitrogens with one attached hydrogen (secondary N) is 1. The normalized spacial score (nSPS) is 11.8. The van der Waals surface area contributed by atoms with Gasteiger partial charge in [0.05, 0.1) is 6.61 Å². The van der Waals surface area contributed by atoms with Crippen LogP contribution in [-0.4, -0.2) is 23.0 Å². The summed E-state index contributed by atoms with van der Waals surface area (Å²) in [6.07, 6.45) is 0. The smallest absolute Gasteiger partial charge is 0.0525 e. The first-order chi connectivity index (χ1) is 7.92. The number of aliphatic hydroxyl groups excluding tert-OH is 1. The zero-order valence-electron chi connectivity index (χ0n) is 10.6. The molecule has 2 nitrogen and oxygen atoms in total. The third kappa shape index (κ3) is 5.91. The Morgan fingerprint density at radius 2 is 2.06 bits per heavy atom. The molecule has 4 heteroatoms. The van der Waals surface area contributed by atoms with Crippen molar-refractivity contribution in [3.05, 3.63) is 28.2 Å². The van der Waals surface area contributed by atoms with Crippen LogP contribution in [0.2, 0.25) is 0 Å². The first-order valence-corrected chi connectivity index (χ1v) is 7.47. The van der Waals surface area contributed by atoms with Gasteiger partial charge in [-0.25, -0.2) is 0 Å². The van der Waals surface area contributed by atoms with Crippen LogP contribution in [0.3, 0.4) is 0 Å². The third-order valence-corrected chi connectivity index (χ3v) is 3.77. The van der Waals surface area contributed by atoms with Gasteiger partial charge in [-0.2, -0.15) is 0 Å². The average Bonchev–Trinajstić information content (AvgIpc) is 2.24. The Labute approximate surface area is 116 Å². The maximum Gasteiger partial charge on any atom is 0.0525 e. The van der Waals surface area contributed by atoms with Crippen molar-refractivity contribution >= 4 is 27.7 Å². The monoisotopic (exact) mass is 317 g/mol. The largest absolute Gasteiger partial charge is 0.396 e. The van der Waals surface area contributed by atoms with Gasteiger partial charge in [0, 0.05) is 27.2 Å². The molecule has 1 aromatic rings.